The number of methoxy groups -OCH3 is 1. The second-order valence-corrected chi connectivity index (χ2v) is 3.37. The molecule has 0 atom stereocenters. The summed E-state index contributed by atoms with van der Waals surface area (Å²) < 4.78 is 14.7. The van der Waals surface area contributed by atoms with Crippen LogP contribution < -0.4 is 10.4 Å². The van der Waals surface area contributed by atoms with Crippen LogP contribution in [0.4, 0.5) is 0 Å². The number of ether oxygens (including phenoxy) is 2. The second kappa shape index (κ2) is 5.89. The molecule has 0 spiro atoms. The molecule has 0 N–H and O–H groups in total. The number of carbonyl (C=O) groups excluding carboxylic acids is 1. The summed E-state index contributed by atoms with van der Waals surface area (Å²) in [5, 5.41) is 0. The molecule has 0 aromatic carbocycles. The molecule has 0 radical (unpaired) electrons. The maximum atomic E-state index is 11.2. The molecule has 0 aliphatic heterocycles. The molecule has 17 heavy (non-hydrogen) atoms. The van der Waals surface area contributed by atoms with Crippen molar-refractivity contribution in [3.63, 3.8) is 0 Å². The Morgan fingerprint density at radius 1 is 1.41 bits per heavy atom. The number of esters is 1. The number of carbonyl (C=O) groups is 1. The largest absolute Gasteiger partial charge is 0.496 e. The Balaban J connectivity index is 2.87. The fourth-order valence-corrected chi connectivity index (χ4v) is 1.15. The SMILES string of the molecule is COc1cc(C(C)=CCOC(C)=O)oc(=O)c1. The summed E-state index contributed by atoms with van der Waals surface area (Å²) in [5.74, 6) is 0.458. The average molecular weight is 238 g/mol. The molecule has 1 rings (SSSR count). The van der Waals surface area contributed by atoms with Crippen molar-refractivity contribution in [3.05, 3.63) is 34.4 Å². The molecule has 0 fully saturated rings. The molecule has 0 amide bonds. The van der Waals surface area contributed by atoms with Crippen LogP contribution in [-0.2, 0) is 9.53 Å². The molecule has 1 aromatic rings. The number of allylic oxidation sites excluding steroid dienone is 1. The Kier molecular flexibility index (Phi) is 4.51. The highest BCUT2D eigenvalue weighted by Crippen LogP contribution is 2.17. The summed E-state index contributed by atoms with van der Waals surface area (Å²) >= 11 is 0. The van der Waals surface area contributed by atoms with Crippen LogP contribution in [0.3, 0.4) is 0 Å². The van der Waals surface area contributed by atoms with E-state index in [0.29, 0.717) is 17.1 Å². The van der Waals surface area contributed by atoms with Crippen molar-refractivity contribution in [2.45, 2.75) is 13.8 Å². The van der Waals surface area contributed by atoms with Gasteiger partial charge >= 0.3 is 11.6 Å². The molecule has 0 saturated carbocycles. The lowest BCUT2D eigenvalue weighted by Crippen LogP contribution is -2.01. The topological polar surface area (TPSA) is 65.7 Å². The van der Waals surface area contributed by atoms with E-state index >= 15 is 0 Å². The molecule has 5 heteroatoms. The van der Waals surface area contributed by atoms with Gasteiger partial charge in [0.05, 0.1) is 13.2 Å². The van der Waals surface area contributed by atoms with E-state index in [1.807, 2.05) is 0 Å². The number of hydrogen-bond donors (Lipinski definition) is 0. The average Bonchev–Trinajstić information content (AvgIpc) is 2.27. The number of rotatable bonds is 4. The zero-order valence-electron chi connectivity index (χ0n) is 9.98. The van der Waals surface area contributed by atoms with E-state index in [4.69, 9.17) is 13.9 Å². The van der Waals surface area contributed by atoms with Crippen LogP contribution >= 0.6 is 0 Å². The molecule has 0 aliphatic carbocycles. The minimum Gasteiger partial charge on any atom is -0.496 e. The van der Waals surface area contributed by atoms with Gasteiger partial charge in [0.2, 0.25) is 0 Å². The van der Waals surface area contributed by atoms with Crippen molar-refractivity contribution < 1.29 is 18.7 Å². The molecule has 0 bridgehead atoms. The van der Waals surface area contributed by atoms with Crippen molar-refractivity contribution in [2.75, 3.05) is 13.7 Å². The van der Waals surface area contributed by atoms with Gasteiger partial charge in [-0.1, -0.05) is 0 Å². The Morgan fingerprint density at radius 3 is 2.71 bits per heavy atom. The van der Waals surface area contributed by atoms with Gasteiger partial charge < -0.3 is 13.9 Å². The predicted molar refractivity (Wildman–Crippen MR) is 61.8 cm³/mol. The van der Waals surface area contributed by atoms with Gasteiger partial charge in [-0.15, -0.1) is 0 Å². The Labute approximate surface area is 98.7 Å². The first kappa shape index (κ1) is 13.0. The maximum Gasteiger partial charge on any atom is 0.339 e. The zero-order chi connectivity index (χ0) is 12.8. The molecule has 5 nitrogen and oxygen atoms in total. The fourth-order valence-electron chi connectivity index (χ4n) is 1.15. The van der Waals surface area contributed by atoms with E-state index in [-0.39, 0.29) is 12.6 Å². The lowest BCUT2D eigenvalue weighted by molar-refractivity contribution is -0.139. The summed E-state index contributed by atoms with van der Waals surface area (Å²) in [6.07, 6.45) is 1.65. The van der Waals surface area contributed by atoms with Crippen LogP contribution in [0.2, 0.25) is 0 Å². The quantitative estimate of drug-likeness (QED) is 0.745. The van der Waals surface area contributed by atoms with Crippen molar-refractivity contribution in [3.8, 4) is 5.75 Å². The lowest BCUT2D eigenvalue weighted by Gasteiger charge is -2.03. The molecule has 1 aromatic heterocycles. The lowest BCUT2D eigenvalue weighted by atomic mass is 10.2. The maximum absolute atomic E-state index is 11.2. The van der Waals surface area contributed by atoms with Crippen LogP contribution in [0.5, 0.6) is 5.75 Å². The second-order valence-electron chi connectivity index (χ2n) is 3.37. The van der Waals surface area contributed by atoms with E-state index < -0.39 is 5.63 Å². The first-order chi connectivity index (χ1) is 8.02. The van der Waals surface area contributed by atoms with Crippen molar-refractivity contribution in [2.24, 2.45) is 0 Å². The third-order valence-electron chi connectivity index (χ3n) is 2.04. The molecular formula is C12H14O5. The van der Waals surface area contributed by atoms with Gasteiger partial charge in [0.25, 0.3) is 0 Å². The Hall–Kier alpha value is -2.04. The highest BCUT2D eigenvalue weighted by atomic mass is 16.5. The van der Waals surface area contributed by atoms with Crippen LogP contribution in [0.25, 0.3) is 5.57 Å². The minimum absolute atomic E-state index is 0.141. The van der Waals surface area contributed by atoms with E-state index in [9.17, 15) is 9.59 Å². The van der Waals surface area contributed by atoms with Crippen LogP contribution in [0, 0.1) is 0 Å². The summed E-state index contributed by atoms with van der Waals surface area (Å²) in [7, 11) is 1.47. The van der Waals surface area contributed by atoms with Gasteiger partial charge in [0.1, 0.15) is 18.1 Å². The summed E-state index contributed by atoms with van der Waals surface area (Å²) in [6, 6.07) is 2.85. The Bertz CT molecular complexity index is 484. The fraction of sp³-hybridized carbons (Fsp3) is 0.333. The van der Waals surface area contributed by atoms with E-state index in [1.54, 1.807) is 19.1 Å². The smallest absolute Gasteiger partial charge is 0.339 e. The third-order valence-corrected chi connectivity index (χ3v) is 2.04. The predicted octanol–water partition coefficient (Wildman–Crippen LogP) is 1.61. The highest BCUT2D eigenvalue weighted by Gasteiger charge is 2.04. The zero-order valence-corrected chi connectivity index (χ0v) is 9.98. The van der Waals surface area contributed by atoms with Crippen LogP contribution in [0.1, 0.15) is 19.6 Å². The normalized spacial score (nSPS) is 11.1. The van der Waals surface area contributed by atoms with Crippen LogP contribution in [-0.4, -0.2) is 19.7 Å². The summed E-state index contributed by atoms with van der Waals surface area (Å²) in [4.78, 5) is 21.8. The third kappa shape index (κ3) is 4.14. The van der Waals surface area contributed by atoms with Gasteiger partial charge in [-0.3, -0.25) is 4.79 Å². The minimum atomic E-state index is -0.486. The Morgan fingerprint density at radius 2 is 2.12 bits per heavy atom. The standard InChI is InChI=1S/C12H14O5/c1-8(4-5-16-9(2)13)11-6-10(15-3)7-12(14)17-11/h4,6-7H,5H2,1-3H3. The van der Waals surface area contributed by atoms with Crippen molar-refractivity contribution in [1.29, 1.82) is 0 Å². The first-order valence-corrected chi connectivity index (χ1v) is 5.02. The molecule has 1 heterocycles. The summed E-state index contributed by atoms with van der Waals surface area (Å²) in [5.41, 5.74) is 0.210. The van der Waals surface area contributed by atoms with E-state index in [0.717, 1.165) is 0 Å². The number of hydrogen-bond acceptors (Lipinski definition) is 5. The van der Waals surface area contributed by atoms with Crippen LogP contribution in [0.15, 0.2) is 27.4 Å². The molecular weight excluding hydrogens is 224 g/mol. The van der Waals surface area contributed by atoms with E-state index in [2.05, 4.69) is 0 Å². The van der Waals surface area contributed by atoms with Gasteiger partial charge in [0.15, 0.2) is 0 Å². The first-order valence-electron chi connectivity index (χ1n) is 5.02. The molecule has 0 unspecified atom stereocenters. The van der Waals surface area contributed by atoms with Crippen molar-refractivity contribution in [1.82, 2.24) is 0 Å². The van der Waals surface area contributed by atoms with Crippen molar-refractivity contribution >= 4 is 11.5 Å². The summed E-state index contributed by atoms with van der Waals surface area (Å²) in [6.45, 7) is 3.22. The van der Waals surface area contributed by atoms with Gasteiger partial charge in [0, 0.05) is 13.0 Å². The highest BCUT2D eigenvalue weighted by molar-refractivity contribution is 5.66. The van der Waals surface area contributed by atoms with Gasteiger partial charge in [-0.25, -0.2) is 4.79 Å². The molecule has 0 saturated heterocycles. The molecule has 92 valence electrons. The van der Waals surface area contributed by atoms with Gasteiger partial charge in [-0.2, -0.15) is 0 Å². The van der Waals surface area contributed by atoms with E-state index in [1.165, 1.54) is 20.1 Å². The van der Waals surface area contributed by atoms with Gasteiger partial charge in [-0.05, 0) is 18.6 Å². The monoisotopic (exact) mass is 238 g/mol. The molecule has 0 aliphatic rings.